The highest BCUT2D eigenvalue weighted by molar-refractivity contribution is 8.00. The number of methoxy groups -OCH3 is 2. The minimum atomic E-state index is -0.342. The topological polar surface area (TPSA) is 73.9 Å². The molecule has 0 aromatic heterocycles. The average molecular weight is 348 g/mol. The van der Waals surface area contributed by atoms with E-state index in [1.54, 1.807) is 19.1 Å². The van der Waals surface area contributed by atoms with Crippen LogP contribution in [-0.2, 0) is 14.3 Å². The summed E-state index contributed by atoms with van der Waals surface area (Å²) < 4.78 is 15.0. The van der Waals surface area contributed by atoms with Crippen molar-refractivity contribution in [2.45, 2.75) is 6.92 Å². The van der Waals surface area contributed by atoms with Crippen LogP contribution in [0.3, 0.4) is 0 Å². The van der Waals surface area contributed by atoms with E-state index in [2.05, 4.69) is 5.32 Å². The van der Waals surface area contributed by atoms with Crippen LogP contribution in [0.4, 0.5) is 5.69 Å². The quantitative estimate of drug-likeness (QED) is 0.729. The van der Waals surface area contributed by atoms with Crippen LogP contribution in [0.5, 0.6) is 11.5 Å². The largest absolute Gasteiger partial charge is 0.495 e. The third-order valence-corrected chi connectivity index (χ3v) is 3.71. The predicted octanol–water partition coefficient (Wildman–Crippen LogP) is 2.59. The average Bonchev–Trinajstić information content (AvgIpc) is 2.47. The van der Waals surface area contributed by atoms with E-state index in [-0.39, 0.29) is 23.4 Å². The minimum absolute atomic E-state index is 0.117. The van der Waals surface area contributed by atoms with Crippen molar-refractivity contribution < 1.29 is 23.8 Å². The van der Waals surface area contributed by atoms with E-state index in [1.165, 1.54) is 26.0 Å². The van der Waals surface area contributed by atoms with Crippen LogP contribution < -0.4 is 14.8 Å². The lowest BCUT2D eigenvalue weighted by Gasteiger charge is -2.13. The normalized spacial score (nSPS) is 10.0. The van der Waals surface area contributed by atoms with Gasteiger partial charge in [-0.05, 0) is 13.0 Å². The maximum absolute atomic E-state index is 11.9. The molecule has 0 fully saturated rings. The van der Waals surface area contributed by atoms with Crippen molar-refractivity contribution >= 4 is 40.9 Å². The van der Waals surface area contributed by atoms with Crippen LogP contribution in [-0.4, -0.2) is 44.2 Å². The fraction of sp³-hybridized carbons (Fsp3) is 0.429. The van der Waals surface area contributed by atoms with Gasteiger partial charge in [-0.2, -0.15) is 0 Å². The van der Waals surface area contributed by atoms with Gasteiger partial charge in [-0.1, -0.05) is 11.6 Å². The Hall–Kier alpha value is -1.60. The summed E-state index contributed by atoms with van der Waals surface area (Å²) in [5, 5.41) is 3.04. The van der Waals surface area contributed by atoms with Gasteiger partial charge in [0.1, 0.15) is 11.5 Å². The number of rotatable bonds is 8. The molecule has 0 radical (unpaired) electrons. The van der Waals surface area contributed by atoms with E-state index in [9.17, 15) is 9.59 Å². The molecule has 0 saturated carbocycles. The zero-order valence-electron chi connectivity index (χ0n) is 12.6. The third kappa shape index (κ3) is 5.65. The van der Waals surface area contributed by atoms with E-state index in [0.29, 0.717) is 28.8 Å². The number of benzene rings is 1. The summed E-state index contributed by atoms with van der Waals surface area (Å²) in [6.45, 7) is 2.06. The van der Waals surface area contributed by atoms with E-state index in [4.69, 9.17) is 25.8 Å². The highest BCUT2D eigenvalue weighted by Gasteiger charge is 2.13. The molecule has 0 aliphatic carbocycles. The fourth-order valence-electron chi connectivity index (χ4n) is 1.57. The second-order valence-corrected chi connectivity index (χ2v) is 5.43. The van der Waals surface area contributed by atoms with Crippen molar-refractivity contribution in [3.8, 4) is 11.5 Å². The number of amides is 1. The van der Waals surface area contributed by atoms with Crippen LogP contribution in [0.2, 0.25) is 5.02 Å². The van der Waals surface area contributed by atoms with Crippen molar-refractivity contribution in [3.05, 3.63) is 17.2 Å². The van der Waals surface area contributed by atoms with Crippen molar-refractivity contribution in [2.75, 3.05) is 37.6 Å². The van der Waals surface area contributed by atoms with Gasteiger partial charge in [-0.15, -0.1) is 11.8 Å². The van der Waals surface area contributed by atoms with Crippen LogP contribution in [0.25, 0.3) is 0 Å². The molecule has 1 aromatic carbocycles. The molecule has 6 nitrogen and oxygen atoms in total. The van der Waals surface area contributed by atoms with E-state index in [1.807, 2.05) is 0 Å². The third-order valence-electron chi connectivity index (χ3n) is 2.51. The predicted molar refractivity (Wildman–Crippen MR) is 87.1 cm³/mol. The van der Waals surface area contributed by atoms with Crippen molar-refractivity contribution in [1.29, 1.82) is 0 Å². The number of ether oxygens (including phenoxy) is 3. The van der Waals surface area contributed by atoms with Gasteiger partial charge in [0.25, 0.3) is 0 Å². The molecule has 1 amide bonds. The molecule has 0 saturated heterocycles. The first-order chi connectivity index (χ1) is 10.5. The van der Waals surface area contributed by atoms with Gasteiger partial charge in [0.15, 0.2) is 0 Å². The summed E-state index contributed by atoms with van der Waals surface area (Å²) in [6, 6.07) is 3.14. The SMILES string of the molecule is CCOC(=O)CSCC(=O)Nc1cc(Cl)c(OC)cc1OC. The molecule has 0 spiro atoms. The Labute approximate surface area is 138 Å². The Balaban J connectivity index is 2.60. The fourth-order valence-corrected chi connectivity index (χ4v) is 2.42. The summed E-state index contributed by atoms with van der Waals surface area (Å²) in [7, 11) is 2.97. The molecule has 122 valence electrons. The Morgan fingerprint density at radius 3 is 2.45 bits per heavy atom. The molecule has 0 aliphatic rings. The van der Waals surface area contributed by atoms with Crippen LogP contribution in [0.15, 0.2) is 12.1 Å². The Morgan fingerprint density at radius 2 is 1.86 bits per heavy atom. The lowest BCUT2D eigenvalue weighted by Crippen LogP contribution is -2.16. The second-order valence-electron chi connectivity index (χ2n) is 4.03. The number of thioether (sulfide) groups is 1. The highest BCUT2D eigenvalue weighted by atomic mass is 35.5. The molecule has 0 atom stereocenters. The maximum atomic E-state index is 11.9. The van der Waals surface area contributed by atoms with Gasteiger partial charge in [-0.3, -0.25) is 9.59 Å². The van der Waals surface area contributed by atoms with Crippen LogP contribution in [0.1, 0.15) is 6.92 Å². The molecule has 1 aromatic rings. The molecule has 22 heavy (non-hydrogen) atoms. The van der Waals surface area contributed by atoms with Gasteiger partial charge < -0.3 is 19.5 Å². The number of hydrogen-bond donors (Lipinski definition) is 1. The van der Waals surface area contributed by atoms with E-state index in [0.717, 1.165) is 0 Å². The van der Waals surface area contributed by atoms with Crippen molar-refractivity contribution in [1.82, 2.24) is 0 Å². The molecule has 0 bridgehead atoms. The van der Waals surface area contributed by atoms with Gasteiger partial charge in [0, 0.05) is 6.07 Å². The van der Waals surface area contributed by atoms with Gasteiger partial charge >= 0.3 is 5.97 Å². The van der Waals surface area contributed by atoms with Crippen molar-refractivity contribution in [2.24, 2.45) is 0 Å². The lowest BCUT2D eigenvalue weighted by molar-refractivity contribution is -0.139. The number of hydrogen-bond acceptors (Lipinski definition) is 6. The molecule has 8 heteroatoms. The van der Waals surface area contributed by atoms with Crippen molar-refractivity contribution in [3.63, 3.8) is 0 Å². The number of anilines is 1. The first-order valence-corrected chi connectivity index (χ1v) is 7.99. The van der Waals surface area contributed by atoms with E-state index < -0.39 is 0 Å². The first kappa shape index (κ1) is 18.4. The van der Waals surface area contributed by atoms with Crippen LogP contribution in [0, 0.1) is 0 Å². The molecular formula is C14H18ClNO5S. The van der Waals surface area contributed by atoms with E-state index >= 15 is 0 Å². The number of carbonyl (C=O) groups excluding carboxylic acids is 2. The molecular weight excluding hydrogens is 330 g/mol. The zero-order chi connectivity index (χ0) is 16.5. The van der Waals surface area contributed by atoms with Gasteiger partial charge in [-0.25, -0.2) is 0 Å². The van der Waals surface area contributed by atoms with Gasteiger partial charge in [0.05, 0.1) is 43.0 Å². The lowest BCUT2D eigenvalue weighted by atomic mass is 10.2. The Bertz CT molecular complexity index is 538. The van der Waals surface area contributed by atoms with Gasteiger partial charge in [0.2, 0.25) is 5.91 Å². The highest BCUT2D eigenvalue weighted by Crippen LogP contribution is 2.35. The Kier molecular flexibility index (Phi) is 7.90. The number of esters is 1. The number of halogens is 1. The summed E-state index contributed by atoms with van der Waals surface area (Å²) >= 11 is 7.19. The molecule has 0 heterocycles. The molecule has 0 unspecified atom stereocenters. The molecule has 0 aliphatic heterocycles. The maximum Gasteiger partial charge on any atom is 0.315 e. The summed E-state index contributed by atoms with van der Waals surface area (Å²) in [5.41, 5.74) is 0.440. The molecule has 1 rings (SSSR count). The number of nitrogens with one attached hydrogen (secondary N) is 1. The second kappa shape index (κ2) is 9.42. The first-order valence-electron chi connectivity index (χ1n) is 6.46. The monoisotopic (exact) mass is 347 g/mol. The van der Waals surface area contributed by atoms with Crippen LogP contribution >= 0.6 is 23.4 Å². The summed E-state index contributed by atoms with van der Waals surface area (Å²) in [4.78, 5) is 23.0. The minimum Gasteiger partial charge on any atom is -0.495 e. The standard InChI is InChI=1S/C14H18ClNO5S/c1-4-21-14(18)8-22-7-13(17)16-10-5-9(15)11(19-2)6-12(10)20-3/h5-6H,4,7-8H2,1-3H3,(H,16,17). The number of carbonyl (C=O) groups is 2. The zero-order valence-corrected chi connectivity index (χ0v) is 14.2. The molecule has 1 N–H and O–H groups in total. The summed E-state index contributed by atoms with van der Waals surface area (Å²) in [6.07, 6.45) is 0. The summed E-state index contributed by atoms with van der Waals surface area (Å²) in [5.74, 6) is 0.519. The Morgan fingerprint density at radius 1 is 1.18 bits per heavy atom. The smallest absolute Gasteiger partial charge is 0.315 e.